The van der Waals surface area contributed by atoms with Gasteiger partial charge in [-0.1, -0.05) is 12.1 Å². The van der Waals surface area contributed by atoms with Gasteiger partial charge in [-0.3, -0.25) is 0 Å². The second-order valence-corrected chi connectivity index (χ2v) is 4.98. The smallest absolute Gasteiger partial charge is 0.126 e. The third kappa shape index (κ3) is 3.51. The fourth-order valence-electron chi connectivity index (χ4n) is 2.36. The molecule has 0 spiro atoms. The van der Waals surface area contributed by atoms with E-state index in [4.69, 9.17) is 0 Å². The van der Waals surface area contributed by atoms with E-state index in [1.54, 1.807) is 13.0 Å². The molecule has 2 nitrogen and oxygen atoms in total. The van der Waals surface area contributed by atoms with Gasteiger partial charge in [-0.25, -0.2) is 4.39 Å². The molecule has 1 fully saturated rings. The molecule has 0 heterocycles. The summed E-state index contributed by atoms with van der Waals surface area (Å²) >= 11 is 0. The van der Waals surface area contributed by atoms with Crippen LogP contribution in [0.5, 0.6) is 0 Å². The van der Waals surface area contributed by atoms with Crippen LogP contribution >= 0.6 is 0 Å². The Morgan fingerprint density at radius 3 is 2.94 bits per heavy atom. The molecule has 2 atom stereocenters. The van der Waals surface area contributed by atoms with Crippen LogP contribution in [-0.4, -0.2) is 17.3 Å². The van der Waals surface area contributed by atoms with Crippen molar-refractivity contribution in [3.05, 3.63) is 35.1 Å². The van der Waals surface area contributed by atoms with Crippen molar-refractivity contribution in [1.82, 2.24) is 5.32 Å². The van der Waals surface area contributed by atoms with Crippen molar-refractivity contribution in [1.29, 1.82) is 0 Å². The van der Waals surface area contributed by atoms with Crippen molar-refractivity contribution < 1.29 is 9.50 Å². The average molecular weight is 237 g/mol. The molecule has 1 aromatic carbocycles. The highest BCUT2D eigenvalue weighted by molar-refractivity contribution is 5.23. The molecule has 0 radical (unpaired) electrons. The summed E-state index contributed by atoms with van der Waals surface area (Å²) in [6.07, 6.45) is 3.73. The zero-order chi connectivity index (χ0) is 12.3. The van der Waals surface area contributed by atoms with E-state index in [1.807, 2.05) is 12.1 Å². The van der Waals surface area contributed by atoms with Gasteiger partial charge in [0.25, 0.3) is 0 Å². The Morgan fingerprint density at radius 2 is 2.24 bits per heavy atom. The van der Waals surface area contributed by atoms with Crippen LogP contribution in [0.2, 0.25) is 0 Å². The minimum Gasteiger partial charge on any atom is -0.393 e. The largest absolute Gasteiger partial charge is 0.393 e. The number of hydrogen-bond acceptors (Lipinski definition) is 2. The van der Waals surface area contributed by atoms with E-state index in [-0.39, 0.29) is 11.9 Å². The lowest BCUT2D eigenvalue weighted by Crippen LogP contribution is -2.35. The minimum absolute atomic E-state index is 0.145. The Labute approximate surface area is 102 Å². The molecular formula is C14H20FNO. The Morgan fingerprint density at radius 1 is 1.41 bits per heavy atom. The first-order valence-corrected chi connectivity index (χ1v) is 6.31. The van der Waals surface area contributed by atoms with Gasteiger partial charge >= 0.3 is 0 Å². The van der Waals surface area contributed by atoms with E-state index in [0.717, 1.165) is 31.2 Å². The summed E-state index contributed by atoms with van der Waals surface area (Å²) in [7, 11) is 0. The molecule has 94 valence electrons. The van der Waals surface area contributed by atoms with Crippen molar-refractivity contribution in [2.75, 3.05) is 0 Å². The molecule has 2 rings (SSSR count). The minimum atomic E-state index is -0.170. The van der Waals surface area contributed by atoms with Gasteiger partial charge in [-0.2, -0.15) is 0 Å². The number of benzene rings is 1. The predicted molar refractivity (Wildman–Crippen MR) is 66.2 cm³/mol. The van der Waals surface area contributed by atoms with Crippen LogP contribution in [0.3, 0.4) is 0 Å². The van der Waals surface area contributed by atoms with Gasteiger partial charge in [0.2, 0.25) is 0 Å². The Balaban J connectivity index is 1.86. The van der Waals surface area contributed by atoms with Crippen molar-refractivity contribution in [3.8, 4) is 0 Å². The average Bonchev–Trinajstić information content (AvgIpc) is 2.31. The van der Waals surface area contributed by atoms with Gasteiger partial charge < -0.3 is 10.4 Å². The fraction of sp³-hybridized carbons (Fsp3) is 0.571. The van der Waals surface area contributed by atoms with Gasteiger partial charge in [0.15, 0.2) is 0 Å². The van der Waals surface area contributed by atoms with Gasteiger partial charge in [-0.15, -0.1) is 0 Å². The predicted octanol–water partition coefficient (Wildman–Crippen LogP) is 2.53. The van der Waals surface area contributed by atoms with Crippen molar-refractivity contribution in [3.63, 3.8) is 0 Å². The summed E-state index contributed by atoms with van der Waals surface area (Å²) in [5.74, 6) is -0.145. The van der Waals surface area contributed by atoms with E-state index < -0.39 is 0 Å². The van der Waals surface area contributed by atoms with Crippen LogP contribution in [0.4, 0.5) is 4.39 Å². The zero-order valence-electron chi connectivity index (χ0n) is 10.2. The third-order valence-corrected chi connectivity index (χ3v) is 3.48. The lowest BCUT2D eigenvalue weighted by atomic mass is 9.93. The highest BCUT2D eigenvalue weighted by Gasteiger charge is 2.19. The molecule has 2 unspecified atom stereocenters. The molecule has 1 saturated carbocycles. The van der Waals surface area contributed by atoms with E-state index in [0.29, 0.717) is 18.2 Å². The number of rotatable bonds is 3. The fourth-order valence-corrected chi connectivity index (χ4v) is 2.36. The molecule has 0 amide bonds. The number of halogens is 1. The second-order valence-electron chi connectivity index (χ2n) is 4.98. The molecule has 0 aliphatic heterocycles. The summed E-state index contributed by atoms with van der Waals surface area (Å²) in [4.78, 5) is 0. The summed E-state index contributed by atoms with van der Waals surface area (Å²) in [5.41, 5.74) is 1.65. The molecular weight excluding hydrogens is 217 g/mol. The van der Waals surface area contributed by atoms with E-state index >= 15 is 0 Å². The van der Waals surface area contributed by atoms with Gasteiger partial charge in [0, 0.05) is 12.6 Å². The summed E-state index contributed by atoms with van der Waals surface area (Å²) in [5, 5.41) is 12.9. The Kier molecular flexibility index (Phi) is 4.13. The molecule has 0 saturated heterocycles. The highest BCUT2D eigenvalue weighted by Crippen LogP contribution is 2.19. The quantitative estimate of drug-likeness (QED) is 0.846. The molecule has 1 aliphatic carbocycles. The molecule has 0 aromatic heterocycles. The van der Waals surface area contributed by atoms with Crippen LogP contribution in [0.25, 0.3) is 0 Å². The zero-order valence-corrected chi connectivity index (χ0v) is 10.2. The molecule has 1 aliphatic rings. The SMILES string of the molecule is Cc1ccc(CNC2CCCC(O)C2)cc1F. The van der Waals surface area contributed by atoms with Crippen molar-refractivity contribution >= 4 is 0 Å². The number of nitrogens with one attached hydrogen (secondary N) is 1. The topological polar surface area (TPSA) is 32.3 Å². The van der Waals surface area contributed by atoms with Gasteiger partial charge in [-0.05, 0) is 49.8 Å². The van der Waals surface area contributed by atoms with E-state index in [2.05, 4.69) is 5.32 Å². The van der Waals surface area contributed by atoms with Crippen molar-refractivity contribution in [2.45, 2.75) is 51.3 Å². The Bertz CT molecular complexity index is 380. The first kappa shape index (κ1) is 12.5. The number of aliphatic hydroxyl groups is 1. The third-order valence-electron chi connectivity index (χ3n) is 3.48. The van der Waals surface area contributed by atoms with Gasteiger partial charge in [0.05, 0.1) is 6.10 Å². The lowest BCUT2D eigenvalue weighted by Gasteiger charge is -2.26. The summed E-state index contributed by atoms with van der Waals surface area (Å²) in [6, 6.07) is 5.71. The van der Waals surface area contributed by atoms with E-state index in [9.17, 15) is 9.50 Å². The maximum atomic E-state index is 13.3. The first-order chi connectivity index (χ1) is 8.15. The van der Waals surface area contributed by atoms with Crippen LogP contribution in [0.1, 0.15) is 36.8 Å². The monoisotopic (exact) mass is 237 g/mol. The molecule has 1 aromatic rings. The standard InChI is InChI=1S/C14H20FNO/c1-10-5-6-11(7-14(10)15)9-16-12-3-2-4-13(17)8-12/h5-7,12-13,16-17H,2-4,8-9H2,1H3. The van der Waals surface area contributed by atoms with Crippen LogP contribution in [0, 0.1) is 12.7 Å². The second kappa shape index (κ2) is 5.61. The maximum Gasteiger partial charge on any atom is 0.126 e. The maximum absolute atomic E-state index is 13.3. The number of hydrogen-bond donors (Lipinski definition) is 2. The van der Waals surface area contributed by atoms with Crippen molar-refractivity contribution in [2.24, 2.45) is 0 Å². The molecule has 2 N–H and O–H groups in total. The molecule has 0 bridgehead atoms. The lowest BCUT2D eigenvalue weighted by molar-refractivity contribution is 0.111. The Hall–Kier alpha value is -0.930. The number of aryl methyl sites for hydroxylation is 1. The summed E-state index contributed by atoms with van der Waals surface area (Å²) in [6.45, 7) is 2.44. The normalized spacial score (nSPS) is 24.9. The molecule has 17 heavy (non-hydrogen) atoms. The molecule has 3 heteroatoms. The van der Waals surface area contributed by atoms with Gasteiger partial charge in [0.1, 0.15) is 5.82 Å². The van der Waals surface area contributed by atoms with Crippen LogP contribution in [0.15, 0.2) is 18.2 Å². The summed E-state index contributed by atoms with van der Waals surface area (Å²) < 4.78 is 13.3. The van der Waals surface area contributed by atoms with Crippen LogP contribution < -0.4 is 5.32 Å². The first-order valence-electron chi connectivity index (χ1n) is 6.31. The van der Waals surface area contributed by atoms with Crippen LogP contribution in [-0.2, 0) is 6.54 Å². The number of aliphatic hydroxyl groups excluding tert-OH is 1. The highest BCUT2D eigenvalue weighted by atomic mass is 19.1. The van der Waals surface area contributed by atoms with E-state index in [1.165, 1.54) is 0 Å².